The van der Waals surface area contributed by atoms with Gasteiger partial charge in [0.2, 0.25) is 0 Å². The highest BCUT2D eigenvalue weighted by Gasteiger charge is 2.46. The molecular formula is C27H32N2O5. The van der Waals surface area contributed by atoms with Gasteiger partial charge < -0.3 is 24.4 Å². The number of hydrogen-bond acceptors (Lipinski definition) is 6. The first-order valence-electron chi connectivity index (χ1n) is 11.8. The number of likely N-dealkylation sites (tertiary alicyclic amines) is 1. The van der Waals surface area contributed by atoms with E-state index in [0.29, 0.717) is 24.4 Å². The van der Waals surface area contributed by atoms with Crippen molar-refractivity contribution in [3.8, 4) is 11.5 Å². The molecule has 0 aliphatic carbocycles. The highest BCUT2D eigenvalue weighted by atomic mass is 16.5. The number of rotatable bonds is 8. The molecule has 2 aliphatic heterocycles. The van der Waals surface area contributed by atoms with E-state index in [0.717, 1.165) is 36.4 Å². The third-order valence-electron chi connectivity index (χ3n) is 6.67. The molecule has 180 valence electrons. The van der Waals surface area contributed by atoms with Gasteiger partial charge in [-0.15, -0.1) is 0 Å². The topological polar surface area (TPSA) is 79.3 Å². The average Bonchev–Trinajstić information content (AvgIpc) is 3.35. The Hall–Kier alpha value is -3.32. The molecule has 2 heterocycles. The standard InChI is InChI=1S/C27H32N2O5/c1-5-28(6-2)12-13-29-24(18-8-7-9-21(16-18)33-4)23(26(31)27(29)32)25(30)19-10-11-22-20(15-19)14-17(3)34-22/h7-11,15-17,24,30H,5-6,12-14H2,1-4H3. The van der Waals surface area contributed by atoms with E-state index in [1.54, 1.807) is 18.1 Å². The number of carbonyl (C=O) groups is 2. The van der Waals surface area contributed by atoms with Gasteiger partial charge in [0.25, 0.3) is 11.7 Å². The van der Waals surface area contributed by atoms with Crippen LogP contribution in [-0.2, 0) is 16.0 Å². The Balaban J connectivity index is 1.79. The van der Waals surface area contributed by atoms with Crippen molar-refractivity contribution in [3.63, 3.8) is 0 Å². The van der Waals surface area contributed by atoms with Gasteiger partial charge in [0.05, 0.1) is 18.7 Å². The number of hydrogen-bond donors (Lipinski definition) is 1. The Morgan fingerprint density at radius 1 is 1.18 bits per heavy atom. The number of nitrogens with zero attached hydrogens (tertiary/aromatic N) is 2. The molecule has 1 amide bonds. The van der Waals surface area contributed by atoms with Crippen LogP contribution in [0.3, 0.4) is 0 Å². The summed E-state index contributed by atoms with van der Waals surface area (Å²) >= 11 is 0. The molecule has 1 N–H and O–H groups in total. The Kier molecular flexibility index (Phi) is 6.93. The van der Waals surface area contributed by atoms with Crippen molar-refractivity contribution in [1.82, 2.24) is 9.80 Å². The number of ketones is 1. The van der Waals surface area contributed by atoms with Crippen LogP contribution >= 0.6 is 0 Å². The molecule has 2 aromatic carbocycles. The number of aliphatic hydroxyl groups excluding tert-OH is 1. The fraction of sp³-hybridized carbons (Fsp3) is 0.407. The summed E-state index contributed by atoms with van der Waals surface area (Å²) < 4.78 is 11.2. The van der Waals surface area contributed by atoms with E-state index in [9.17, 15) is 14.7 Å². The molecule has 1 fully saturated rings. The number of fused-ring (bicyclic) bond motifs is 1. The lowest BCUT2D eigenvalue weighted by Crippen LogP contribution is -2.38. The molecule has 0 saturated carbocycles. The minimum atomic E-state index is -0.700. The van der Waals surface area contributed by atoms with Gasteiger partial charge in [-0.05, 0) is 61.5 Å². The number of ether oxygens (including phenoxy) is 2. The molecule has 1 saturated heterocycles. The van der Waals surface area contributed by atoms with Gasteiger partial charge in [-0.1, -0.05) is 26.0 Å². The molecule has 2 aromatic rings. The molecule has 0 radical (unpaired) electrons. The van der Waals surface area contributed by atoms with Crippen LogP contribution in [-0.4, -0.2) is 66.0 Å². The quantitative estimate of drug-likeness (QED) is 0.364. The molecule has 7 nitrogen and oxygen atoms in total. The predicted octanol–water partition coefficient (Wildman–Crippen LogP) is 3.78. The summed E-state index contributed by atoms with van der Waals surface area (Å²) in [5, 5.41) is 11.3. The summed E-state index contributed by atoms with van der Waals surface area (Å²) in [5.74, 6) is -0.0305. The van der Waals surface area contributed by atoms with E-state index >= 15 is 0 Å². The molecule has 2 aliphatic rings. The van der Waals surface area contributed by atoms with Crippen molar-refractivity contribution in [2.24, 2.45) is 0 Å². The van der Waals surface area contributed by atoms with Crippen LogP contribution in [0.15, 0.2) is 48.0 Å². The first-order valence-corrected chi connectivity index (χ1v) is 11.8. The summed E-state index contributed by atoms with van der Waals surface area (Å²) in [7, 11) is 1.57. The first-order chi connectivity index (χ1) is 16.4. The molecule has 2 atom stereocenters. The van der Waals surface area contributed by atoms with Crippen LogP contribution in [0.4, 0.5) is 0 Å². The van der Waals surface area contributed by atoms with Crippen LogP contribution in [0, 0.1) is 0 Å². The van der Waals surface area contributed by atoms with Crippen molar-refractivity contribution in [3.05, 3.63) is 64.7 Å². The SMILES string of the molecule is CCN(CC)CCN1C(=O)C(=O)C(=C(O)c2ccc3c(c2)CC(C)O3)C1c1cccc(OC)c1. The van der Waals surface area contributed by atoms with Gasteiger partial charge in [-0.2, -0.15) is 0 Å². The van der Waals surface area contributed by atoms with Gasteiger partial charge in [0, 0.05) is 25.1 Å². The fourth-order valence-corrected chi connectivity index (χ4v) is 4.78. The molecule has 2 unspecified atom stereocenters. The highest BCUT2D eigenvalue weighted by Crippen LogP contribution is 2.41. The average molecular weight is 465 g/mol. The van der Waals surface area contributed by atoms with Crippen molar-refractivity contribution in [1.29, 1.82) is 0 Å². The molecule has 7 heteroatoms. The zero-order chi connectivity index (χ0) is 24.4. The second kappa shape index (κ2) is 9.89. The molecule has 0 aromatic heterocycles. The smallest absolute Gasteiger partial charge is 0.295 e. The first kappa shape index (κ1) is 23.8. The number of likely N-dealkylation sites (N-methyl/N-ethyl adjacent to an activating group) is 1. The summed E-state index contributed by atoms with van der Waals surface area (Å²) in [6.07, 6.45) is 0.795. The molecule has 0 bridgehead atoms. The number of aliphatic hydroxyl groups is 1. The Labute approximate surface area is 200 Å². The third-order valence-corrected chi connectivity index (χ3v) is 6.67. The van der Waals surface area contributed by atoms with Crippen molar-refractivity contribution >= 4 is 17.4 Å². The Morgan fingerprint density at radius 3 is 2.65 bits per heavy atom. The summed E-state index contributed by atoms with van der Waals surface area (Å²) in [5.41, 5.74) is 2.30. The molecule has 34 heavy (non-hydrogen) atoms. The van der Waals surface area contributed by atoms with Gasteiger partial charge in [-0.25, -0.2) is 0 Å². The van der Waals surface area contributed by atoms with E-state index in [4.69, 9.17) is 9.47 Å². The van der Waals surface area contributed by atoms with Crippen LogP contribution in [0.25, 0.3) is 5.76 Å². The lowest BCUT2D eigenvalue weighted by Gasteiger charge is -2.28. The maximum Gasteiger partial charge on any atom is 0.295 e. The lowest BCUT2D eigenvalue weighted by molar-refractivity contribution is -0.140. The van der Waals surface area contributed by atoms with Crippen LogP contribution in [0.2, 0.25) is 0 Å². The van der Waals surface area contributed by atoms with Gasteiger partial charge >= 0.3 is 0 Å². The largest absolute Gasteiger partial charge is 0.507 e. The Morgan fingerprint density at radius 2 is 1.94 bits per heavy atom. The molecule has 0 spiro atoms. The fourth-order valence-electron chi connectivity index (χ4n) is 4.78. The van der Waals surface area contributed by atoms with E-state index in [2.05, 4.69) is 18.7 Å². The summed E-state index contributed by atoms with van der Waals surface area (Å²) in [6.45, 7) is 8.82. The van der Waals surface area contributed by atoms with E-state index in [1.807, 2.05) is 43.3 Å². The number of Topliss-reactive ketones (excluding diaryl/α,β-unsaturated/α-hetero) is 1. The number of methoxy groups -OCH3 is 1. The van der Waals surface area contributed by atoms with E-state index in [-0.39, 0.29) is 17.4 Å². The summed E-state index contributed by atoms with van der Waals surface area (Å²) in [4.78, 5) is 30.2. The Bertz CT molecular complexity index is 1120. The second-order valence-corrected chi connectivity index (χ2v) is 8.75. The lowest BCUT2D eigenvalue weighted by atomic mass is 9.94. The molecule has 4 rings (SSSR count). The van der Waals surface area contributed by atoms with Gasteiger partial charge in [-0.3, -0.25) is 9.59 Å². The summed E-state index contributed by atoms with van der Waals surface area (Å²) in [6, 6.07) is 12.0. The maximum absolute atomic E-state index is 13.3. The number of amides is 1. The zero-order valence-electron chi connectivity index (χ0n) is 20.2. The van der Waals surface area contributed by atoms with Crippen LogP contribution in [0.5, 0.6) is 11.5 Å². The third kappa shape index (κ3) is 4.40. The highest BCUT2D eigenvalue weighted by molar-refractivity contribution is 6.46. The second-order valence-electron chi connectivity index (χ2n) is 8.75. The van der Waals surface area contributed by atoms with E-state index < -0.39 is 17.7 Å². The monoisotopic (exact) mass is 464 g/mol. The molecular weight excluding hydrogens is 432 g/mol. The normalized spacial score (nSPS) is 21.1. The number of benzene rings is 2. The minimum Gasteiger partial charge on any atom is -0.507 e. The van der Waals surface area contributed by atoms with Gasteiger partial charge in [0.1, 0.15) is 23.4 Å². The zero-order valence-corrected chi connectivity index (χ0v) is 20.2. The maximum atomic E-state index is 13.3. The predicted molar refractivity (Wildman–Crippen MR) is 130 cm³/mol. The van der Waals surface area contributed by atoms with Gasteiger partial charge in [0.15, 0.2) is 0 Å². The van der Waals surface area contributed by atoms with E-state index in [1.165, 1.54) is 0 Å². The van der Waals surface area contributed by atoms with Crippen LogP contribution in [0.1, 0.15) is 43.5 Å². The van der Waals surface area contributed by atoms with Crippen LogP contribution < -0.4 is 9.47 Å². The minimum absolute atomic E-state index is 0.0647. The van der Waals surface area contributed by atoms with Crippen molar-refractivity contribution < 1.29 is 24.2 Å². The number of carbonyl (C=O) groups excluding carboxylic acids is 2. The van der Waals surface area contributed by atoms with Crippen molar-refractivity contribution in [2.45, 2.75) is 39.3 Å². The van der Waals surface area contributed by atoms with Crippen molar-refractivity contribution in [2.75, 3.05) is 33.3 Å².